The van der Waals surface area contributed by atoms with E-state index >= 15 is 0 Å². The summed E-state index contributed by atoms with van der Waals surface area (Å²) in [6, 6.07) is 4.16. The molecule has 1 saturated heterocycles. The molecule has 3 N–H and O–H groups in total. The Labute approximate surface area is 110 Å². The van der Waals surface area contributed by atoms with Gasteiger partial charge in [0.05, 0.1) is 22.8 Å². The first-order valence-corrected chi connectivity index (χ1v) is 6.13. The minimum Gasteiger partial charge on any atom is -0.397 e. The summed E-state index contributed by atoms with van der Waals surface area (Å²) in [5, 5.41) is 13.5. The Balaban J connectivity index is 1.95. The zero-order valence-electron chi connectivity index (χ0n) is 10.5. The molecule has 1 aromatic carbocycles. The van der Waals surface area contributed by atoms with Crippen LogP contribution < -0.4 is 11.1 Å². The van der Waals surface area contributed by atoms with E-state index in [9.17, 15) is 14.9 Å². The second kappa shape index (κ2) is 5.55. The molecule has 102 valence electrons. The van der Waals surface area contributed by atoms with E-state index in [0.717, 1.165) is 25.9 Å². The van der Waals surface area contributed by atoms with Crippen molar-refractivity contribution in [1.82, 2.24) is 4.90 Å². The number of nitrogen functional groups attached to an aromatic ring is 1. The fourth-order valence-corrected chi connectivity index (χ4v) is 2.07. The molecule has 0 saturated carbocycles. The van der Waals surface area contributed by atoms with Gasteiger partial charge in [-0.15, -0.1) is 0 Å². The van der Waals surface area contributed by atoms with Crippen LogP contribution in [-0.2, 0) is 4.79 Å². The number of non-ortho nitro benzene ring substituents is 1. The maximum absolute atomic E-state index is 11.8. The van der Waals surface area contributed by atoms with Crippen molar-refractivity contribution in [3.8, 4) is 0 Å². The van der Waals surface area contributed by atoms with Crippen molar-refractivity contribution in [2.45, 2.75) is 12.8 Å². The lowest BCUT2D eigenvalue weighted by molar-refractivity contribution is -0.384. The third-order valence-corrected chi connectivity index (χ3v) is 3.13. The molecule has 0 radical (unpaired) electrons. The Morgan fingerprint density at radius 3 is 2.68 bits per heavy atom. The smallest absolute Gasteiger partial charge is 0.271 e. The molecule has 1 amide bonds. The fraction of sp³-hybridized carbons (Fsp3) is 0.417. The Morgan fingerprint density at radius 2 is 2.11 bits per heavy atom. The normalized spacial score (nSPS) is 14.4. The molecule has 0 spiro atoms. The SMILES string of the molecule is Nc1cc([N+](=O)[O-])ccc1NCC(=O)N1CCCC1. The molecule has 0 aromatic heterocycles. The number of nitrogens with zero attached hydrogens (tertiary/aromatic N) is 2. The molecule has 1 aliphatic rings. The first-order chi connectivity index (χ1) is 9.08. The summed E-state index contributed by atoms with van der Waals surface area (Å²) in [6.45, 7) is 1.76. The van der Waals surface area contributed by atoms with E-state index in [1.807, 2.05) is 0 Å². The Morgan fingerprint density at radius 1 is 1.42 bits per heavy atom. The minimum atomic E-state index is -0.504. The molecule has 0 atom stereocenters. The maximum Gasteiger partial charge on any atom is 0.271 e. The van der Waals surface area contributed by atoms with Gasteiger partial charge in [-0.2, -0.15) is 0 Å². The van der Waals surface area contributed by atoms with E-state index in [4.69, 9.17) is 5.73 Å². The second-order valence-corrected chi connectivity index (χ2v) is 4.47. The highest BCUT2D eigenvalue weighted by Crippen LogP contribution is 2.23. The van der Waals surface area contributed by atoms with Crippen LogP contribution >= 0.6 is 0 Å². The van der Waals surface area contributed by atoms with Gasteiger partial charge in [0, 0.05) is 25.2 Å². The highest BCUT2D eigenvalue weighted by molar-refractivity contribution is 5.82. The number of hydrogen-bond acceptors (Lipinski definition) is 5. The van der Waals surface area contributed by atoms with Crippen molar-refractivity contribution < 1.29 is 9.72 Å². The van der Waals surface area contributed by atoms with Crippen LogP contribution in [0.1, 0.15) is 12.8 Å². The van der Waals surface area contributed by atoms with Gasteiger partial charge in [0.15, 0.2) is 0 Å². The molecule has 1 aliphatic heterocycles. The predicted molar refractivity (Wildman–Crippen MR) is 71.8 cm³/mol. The first kappa shape index (κ1) is 13.1. The lowest BCUT2D eigenvalue weighted by Gasteiger charge is -2.16. The molecule has 0 unspecified atom stereocenters. The number of nitrogens with one attached hydrogen (secondary N) is 1. The molecule has 19 heavy (non-hydrogen) atoms. The molecule has 7 heteroatoms. The van der Waals surface area contributed by atoms with Crippen LogP contribution in [0.2, 0.25) is 0 Å². The highest BCUT2D eigenvalue weighted by Gasteiger charge is 2.17. The van der Waals surface area contributed by atoms with Gasteiger partial charge in [0.1, 0.15) is 0 Å². The van der Waals surface area contributed by atoms with E-state index in [2.05, 4.69) is 5.32 Å². The van der Waals surface area contributed by atoms with Gasteiger partial charge in [0.25, 0.3) is 5.69 Å². The van der Waals surface area contributed by atoms with E-state index < -0.39 is 4.92 Å². The number of anilines is 2. The monoisotopic (exact) mass is 264 g/mol. The quantitative estimate of drug-likeness (QED) is 0.483. The molecular weight excluding hydrogens is 248 g/mol. The van der Waals surface area contributed by atoms with E-state index in [0.29, 0.717) is 5.69 Å². The number of nitro groups is 1. The third-order valence-electron chi connectivity index (χ3n) is 3.13. The number of carbonyl (C=O) groups excluding carboxylic acids is 1. The van der Waals surface area contributed by atoms with Crippen molar-refractivity contribution in [2.24, 2.45) is 0 Å². The van der Waals surface area contributed by atoms with Crippen molar-refractivity contribution in [1.29, 1.82) is 0 Å². The molecule has 1 heterocycles. The van der Waals surface area contributed by atoms with Gasteiger partial charge in [-0.3, -0.25) is 14.9 Å². The van der Waals surface area contributed by atoms with Crippen LogP contribution in [0.25, 0.3) is 0 Å². The number of nitrogens with two attached hydrogens (primary N) is 1. The summed E-state index contributed by atoms with van der Waals surface area (Å²) < 4.78 is 0. The van der Waals surface area contributed by atoms with Gasteiger partial charge in [0.2, 0.25) is 5.91 Å². The van der Waals surface area contributed by atoms with Crippen LogP contribution in [0.3, 0.4) is 0 Å². The molecule has 2 rings (SSSR count). The summed E-state index contributed by atoms with van der Waals surface area (Å²) in [4.78, 5) is 23.7. The van der Waals surface area contributed by atoms with Crippen molar-refractivity contribution in [3.63, 3.8) is 0 Å². The van der Waals surface area contributed by atoms with Crippen LogP contribution in [-0.4, -0.2) is 35.4 Å². The lowest BCUT2D eigenvalue weighted by Crippen LogP contribution is -2.33. The average molecular weight is 264 g/mol. The standard InChI is InChI=1S/C12H16N4O3/c13-10-7-9(16(18)19)3-4-11(10)14-8-12(17)15-5-1-2-6-15/h3-4,7,14H,1-2,5-6,8,13H2. The number of benzene rings is 1. The summed E-state index contributed by atoms with van der Waals surface area (Å²) in [6.07, 6.45) is 2.09. The van der Waals surface area contributed by atoms with Crippen LogP contribution in [0, 0.1) is 10.1 Å². The number of likely N-dealkylation sites (tertiary alicyclic amines) is 1. The average Bonchev–Trinajstić information content (AvgIpc) is 2.90. The molecule has 7 nitrogen and oxygen atoms in total. The summed E-state index contributed by atoms with van der Waals surface area (Å²) in [5.41, 5.74) is 6.45. The lowest BCUT2D eigenvalue weighted by atomic mass is 10.2. The number of carbonyl (C=O) groups is 1. The first-order valence-electron chi connectivity index (χ1n) is 6.13. The van der Waals surface area contributed by atoms with Crippen LogP contribution in [0.5, 0.6) is 0 Å². The largest absolute Gasteiger partial charge is 0.397 e. The summed E-state index contributed by atoms with van der Waals surface area (Å²) >= 11 is 0. The molecular formula is C12H16N4O3. The molecule has 0 bridgehead atoms. The highest BCUT2D eigenvalue weighted by atomic mass is 16.6. The summed E-state index contributed by atoms with van der Waals surface area (Å²) in [5.74, 6) is 0.0234. The minimum absolute atomic E-state index is 0.0234. The van der Waals surface area contributed by atoms with Gasteiger partial charge < -0.3 is 16.0 Å². The molecule has 1 aromatic rings. The van der Waals surface area contributed by atoms with Gasteiger partial charge >= 0.3 is 0 Å². The molecule has 1 fully saturated rings. The Kier molecular flexibility index (Phi) is 3.84. The number of nitro benzene ring substituents is 1. The number of rotatable bonds is 4. The van der Waals surface area contributed by atoms with Crippen molar-refractivity contribution in [2.75, 3.05) is 30.7 Å². The second-order valence-electron chi connectivity index (χ2n) is 4.47. The zero-order chi connectivity index (χ0) is 13.8. The van der Waals surface area contributed by atoms with E-state index in [1.165, 1.54) is 18.2 Å². The predicted octanol–water partition coefficient (Wildman–Crippen LogP) is 1.21. The maximum atomic E-state index is 11.8. The van der Waals surface area contributed by atoms with Gasteiger partial charge in [-0.05, 0) is 18.9 Å². The topological polar surface area (TPSA) is 101 Å². The van der Waals surface area contributed by atoms with Crippen LogP contribution in [0.15, 0.2) is 18.2 Å². The number of amides is 1. The van der Waals surface area contributed by atoms with Crippen molar-refractivity contribution >= 4 is 23.0 Å². The zero-order valence-corrected chi connectivity index (χ0v) is 10.5. The fourth-order valence-electron chi connectivity index (χ4n) is 2.07. The Bertz CT molecular complexity index is 498. The van der Waals surface area contributed by atoms with Gasteiger partial charge in [-0.25, -0.2) is 0 Å². The van der Waals surface area contributed by atoms with Gasteiger partial charge in [-0.1, -0.05) is 0 Å². The third kappa shape index (κ3) is 3.12. The van der Waals surface area contributed by atoms with Crippen LogP contribution in [0.4, 0.5) is 17.1 Å². The van der Waals surface area contributed by atoms with E-state index in [-0.39, 0.29) is 23.8 Å². The summed E-state index contributed by atoms with van der Waals surface area (Å²) in [7, 11) is 0. The van der Waals surface area contributed by atoms with Crippen molar-refractivity contribution in [3.05, 3.63) is 28.3 Å². The Hall–Kier alpha value is -2.31. The van der Waals surface area contributed by atoms with E-state index in [1.54, 1.807) is 4.90 Å². The number of hydrogen-bond donors (Lipinski definition) is 2. The molecule has 0 aliphatic carbocycles.